The number of amides is 1. The second-order valence-corrected chi connectivity index (χ2v) is 5.79. The molecule has 24 heavy (non-hydrogen) atoms. The van der Waals surface area contributed by atoms with Gasteiger partial charge < -0.3 is 9.72 Å². The number of hydrogen-bond donors (Lipinski definition) is 1. The first-order valence-corrected chi connectivity index (χ1v) is 7.82. The van der Waals surface area contributed by atoms with E-state index in [-0.39, 0.29) is 5.91 Å². The Labute approximate surface area is 138 Å². The summed E-state index contributed by atoms with van der Waals surface area (Å²) < 4.78 is 3.76. The summed E-state index contributed by atoms with van der Waals surface area (Å²) in [5.41, 5.74) is 4.87. The molecule has 0 unspecified atom stereocenters. The summed E-state index contributed by atoms with van der Waals surface area (Å²) >= 11 is 0. The van der Waals surface area contributed by atoms with Gasteiger partial charge in [-0.05, 0) is 30.7 Å². The van der Waals surface area contributed by atoms with Gasteiger partial charge in [0.1, 0.15) is 5.65 Å². The van der Waals surface area contributed by atoms with Crippen LogP contribution in [0.25, 0.3) is 11.2 Å². The molecule has 0 radical (unpaired) electrons. The molecule has 120 valence electrons. The van der Waals surface area contributed by atoms with Gasteiger partial charge in [0.15, 0.2) is 0 Å². The van der Waals surface area contributed by atoms with E-state index in [0.717, 1.165) is 28.0 Å². The molecule has 0 saturated heterocycles. The number of carbonyl (C=O) groups is 1. The average Bonchev–Trinajstić information content (AvgIpc) is 3.18. The van der Waals surface area contributed by atoms with Crippen molar-refractivity contribution in [2.75, 3.05) is 0 Å². The molecule has 4 rings (SSSR count). The third kappa shape index (κ3) is 2.52. The van der Waals surface area contributed by atoms with Crippen molar-refractivity contribution in [3.63, 3.8) is 0 Å². The second-order valence-electron chi connectivity index (χ2n) is 5.79. The van der Waals surface area contributed by atoms with Crippen molar-refractivity contribution < 1.29 is 4.79 Å². The molecule has 6 heteroatoms. The van der Waals surface area contributed by atoms with E-state index in [4.69, 9.17) is 0 Å². The molecule has 0 fully saturated rings. The van der Waals surface area contributed by atoms with Crippen molar-refractivity contribution in [3.05, 3.63) is 71.9 Å². The number of imidazole rings is 1. The Hall–Kier alpha value is -3.15. The quantitative estimate of drug-likeness (QED) is 0.627. The highest BCUT2D eigenvalue weighted by molar-refractivity contribution is 5.78. The zero-order chi connectivity index (χ0) is 16.5. The van der Waals surface area contributed by atoms with Crippen LogP contribution in [0, 0.1) is 6.92 Å². The lowest BCUT2D eigenvalue weighted by Gasteiger charge is -2.05. The highest BCUT2D eigenvalue weighted by atomic mass is 16.1. The maximum atomic E-state index is 12.3. The van der Waals surface area contributed by atoms with Crippen LogP contribution in [0.2, 0.25) is 0 Å². The van der Waals surface area contributed by atoms with E-state index in [2.05, 4.69) is 15.4 Å². The van der Waals surface area contributed by atoms with E-state index in [9.17, 15) is 4.79 Å². The van der Waals surface area contributed by atoms with Crippen LogP contribution >= 0.6 is 0 Å². The van der Waals surface area contributed by atoms with Crippen LogP contribution in [0.4, 0.5) is 0 Å². The molecule has 4 aromatic heterocycles. The van der Waals surface area contributed by atoms with E-state index in [1.165, 1.54) is 0 Å². The first-order chi connectivity index (χ1) is 11.7. The molecule has 0 bridgehead atoms. The van der Waals surface area contributed by atoms with Crippen molar-refractivity contribution >= 4 is 17.1 Å². The van der Waals surface area contributed by atoms with Crippen LogP contribution in [0.15, 0.2) is 55.1 Å². The Balaban J connectivity index is 1.47. The summed E-state index contributed by atoms with van der Waals surface area (Å²) in [7, 11) is 0. The Bertz CT molecular complexity index is 1030. The molecule has 0 spiro atoms. The Morgan fingerprint density at radius 2 is 2.08 bits per heavy atom. The molecule has 4 aromatic rings. The number of rotatable bonds is 4. The number of aromatic nitrogens is 4. The standard InChI is InChI=1S/C18H17N5O/c1-13-5-4-7-22-15(12-20-18(13)22)9-17(24)19-10-14-11-21-23-8-3-2-6-16(14)23/h2-8,11-12H,9-10H2,1H3,(H,19,24). The number of aryl methyl sites for hydroxylation is 1. The summed E-state index contributed by atoms with van der Waals surface area (Å²) in [6.45, 7) is 2.47. The van der Waals surface area contributed by atoms with Crippen LogP contribution in [-0.4, -0.2) is 24.9 Å². The zero-order valence-electron chi connectivity index (χ0n) is 13.3. The highest BCUT2D eigenvalue weighted by Gasteiger charge is 2.10. The third-order valence-electron chi connectivity index (χ3n) is 4.13. The Morgan fingerprint density at radius 3 is 3.00 bits per heavy atom. The lowest BCUT2D eigenvalue weighted by Crippen LogP contribution is -2.25. The lowest BCUT2D eigenvalue weighted by molar-refractivity contribution is -0.120. The lowest BCUT2D eigenvalue weighted by atomic mass is 10.2. The van der Waals surface area contributed by atoms with Crippen molar-refractivity contribution in [2.24, 2.45) is 0 Å². The van der Waals surface area contributed by atoms with Crippen molar-refractivity contribution in [1.82, 2.24) is 24.3 Å². The Morgan fingerprint density at radius 1 is 1.17 bits per heavy atom. The van der Waals surface area contributed by atoms with Crippen LogP contribution in [0.5, 0.6) is 0 Å². The van der Waals surface area contributed by atoms with Gasteiger partial charge in [0.2, 0.25) is 5.91 Å². The van der Waals surface area contributed by atoms with Crippen LogP contribution < -0.4 is 5.32 Å². The van der Waals surface area contributed by atoms with Gasteiger partial charge in [-0.3, -0.25) is 4.79 Å². The minimum atomic E-state index is -0.0337. The van der Waals surface area contributed by atoms with Crippen molar-refractivity contribution in [3.8, 4) is 0 Å². The predicted molar refractivity (Wildman–Crippen MR) is 90.7 cm³/mol. The predicted octanol–water partition coefficient (Wildman–Crippen LogP) is 2.15. The van der Waals surface area contributed by atoms with Gasteiger partial charge in [-0.15, -0.1) is 0 Å². The smallest absolute Gasteiger partial charge is 0.226 e. The minimum absolute atomic E-state index is 0.0337. The molecule has 1 amide bonds. The van der Waals surface area contributed by atoms with Crippen LogP contribution in [0.1, 0.15) is 16.8 Å². The topological polar surface area (TPSA) is 63.7 Å². The molecule has 1 N–H and O–H groups in total. The number of nitrogens with zero attached hydrogens (tertiary/aromatic N) is 4. The van der Waals surface area contributed by atoms with Gasteiger partial charge in [0, 0.05) is 30.7 Å². The van der Waals surface area contributed by atoms with Crippen LogP contribution in [0.3, 0.4) is 0 Å². The van der Waals surface area contributed by atoms with Gasteiger partial charge in [-0.2, -0.15) is 5.10 Å². The summed E-state index contributed by atoms with van der Waals surface area (Å²) in [5, 5.41) is 7.24. The molecular formula is C18H17N5O. The van der Waals surface area contributed by atoms with Crippen molar-refractivity contribution in [2.45, 2.75) is 19.9 Å². The number of fused-ring (bicyclic) bond motifs is 2. The van der Waals surface area contributed by atoms with E-state index >= 15 is 0 Å². The molecule has 4 heterocycles. The van der Waals surface area contributed by atoms with Gasteiger partial charge in [0.05, 0.1) is 23.8 Å². The fraction of sp³-hybridized carbons (Fsp3) is 0.167. The molecule has 0 aromatic carbocycles. The largest absolute Gasteiger partial charge is 0.352 e. The minimum Gasteiger partial charge on any atom is -0.352 e. The Kier molecular flexibility index (Phi) is 3.49. The zero-order valence-corrected chi connectivity index (χ0v) is 13.3. The highest BCUT2D eigenvalue weighted by Crippen LogP contribution is 2.12. The number of carbonyl (C=O) groups excluding carboxylic acids is 1. The van der Waals surface area contributed by atoms with Gasteiger partial charge in [0.25, 0.3) is 0 Å². The van der Waals surface area contributed by atoms with Gasteiger partial charge in [-0.1, -0.05) is 12.1 Å². The normalized spacial score (nSPS) is 11.2. The summed E-state index contributed by atoms with van der Waals surface area (Å²) in [6, 6.07) is 9.85. The van der Waals surface area contributed by atoms with Gasteiger partial charge >= 0.3 is 0 Å². The molecule has 0 atom stereocenters. The number of nitrogens with one attached hydrogen (secondary N) is 1. The maximum Gasteiger partial charge on any atom is 0.226 e. The van der Waals surface area contributed by atoms with E-state index < -0.39 is 0 Å². The van der Waals surface area contributed by atoms with Crippen LogP contribution in [-0.2, 0) is 17.8 Å². The maximum absolute atomic E-state index is 12.3. The SMILES string of the molecule is Cc1cccn2c(CC(=O)NCc3cnn4ccccc34)cnc12. The molecule has 0 aliphatic heterocycles. The summed E-state index contributed by atoms with van der Waals surface area (Å²) in [4.78, 5) is 16.7. The molecular weight excluding hydrogens is 302 g/mol. The van der Waals surface area contributed by atoms with Gasteiger partial charge in [-0.25, -0.2) is 9.50 Å². The van der Waals surface area contributed by atoms with E-state index in [1.807, 2.05) is 54.0 Å². The average molecular weight is 319 g/mol. The molecule has 6 nitrogen and oxygen atoms in total. The summed E-state index contributed by atoms with van der Waals surface area (Å²) in [5.74, 6) is -0.0337. The van der Waals surface area contributed by atoms with Crippen molar-refractivity contribution in [1.29, 1.82) is 0 Å². The van der Waals surface area contributed by atoms with E-state index in [0.29, 0.717) is 13.0 Å². The molecule has 0 saturated carbocycles. The fourth-order valence-electron chi connectivity index (χ4n) is 2.88. The second kappa shape index (κ2) is 5.81. The monoisotopic (exact) mass is 319 g/mol. The first-order valence-electron chi connectivity index (χ1n) is 7.82. The molecule has 0 aliphatic carbocycles. The molecule has 0 aliphatic rings. The fourth-order valence-corrected chi connectivity index (χ4v) is 2.88. The first kappa shape index (κ1) is 14.4. The number of pyridine rings is 2. The number of hydrogen-bond acceptors (Lipinski definition) is 3. The summed E-state index contributed by atoms with van der Waals surface area (Å²) in [6.07, 6.45) is 7.67. The third-order valence-corrected chi connectivity index (χ3v) is 4.13. The van der Waals surface area contributed by atoms with E-state index in [1.54, 1.807) is 16.9 Å².